The highest BCUT2D eigenvalue weighted by Gasteiger charge is 2.27. The molecule has 142 valence electrons. The Morgan fingerprint density at radius 2 is 1.92 bits per heavy atom. The number of hydrogen-bond donors (Lipinski definition) is 1. The zero-order valence-corrected chi connectivity index (χ0v) is 16.3. The Labute approximate surface area is 160 Å². The first-order chi connectivity index (χ1) is 12.4. The number of hydrogen-bond acceptors (Lipinski definition) is 5. The highest BCUT2D eigenvalue weighted by atomic mass is 79.9. The summed E-state index contributed by atoms with van der Waals surface area (Å²) in [7, 11) is 1.58. The van der Waals surface area contributed by atoms with Crippen molar-refractivity contribution in [3.8, 4) is 0 Å². The molecule has 3 amide bonds. The number of carbonyl (C=O) groups is 3. The van der Waals surface area contributed by atoms with Gasteiger partial charge >= 0.3 is 0 Å². The Morgan fingerprint density at radius 1 is 1.23 bits per heavy atom. The van der Waals surface area contributed by atoms with E-state index >= 15 is 0 Å². The molecule has 2 fully saturated rings. The van der Waals surface area contributed by atoms with Crippen LogP contribution in [-0.2, 0) is 9.59 Å². The van der Waals surface area contributed by atoms with Crippen LogP contribution in [0.1, 0.15) is 23.4 Å². The predicted molar refractivity (Wildman–Crippen MR) is 97.6 cm³/mol. The van der Waals surface area contributed by atoms with E-state index in [2.05, 4.69) is 26.1 Å². The SMILES string of the molecule is CN(CC(=O)N1CCN(CC(=O)NC2CC2)CC1)C(=O)c1ccc(Br)o1. The Bertz CT molecular complexity index is 680. The van der Waals surface area contributed by atoms with Crippen molar-refractivity contribution in [2.75, 3.05) is 46.3 Å². The third kappa shape index (κ3) is 5.07. The van der Waals surface area contributed by atoms with Gasteiger partial charge in [-0.25, -0.2) is 0 Å². The molecule has 2 aliphatic rings. The smallest absolute Gasteiger partial charge is 0.289 e. The molecular formula is C17H23BrN4O4. The lowest BCUT2D eigenvalue weighted by Gasteiger charge is -2.35. The lowest BCUT2D eigenvalue weighted by molar-refractivity contribution is -0.133. The Hall–Kier alpha value is -1.87. The molecule has 3 rings (SSSR count). The summed E-state index contributed by atoms with van der Waals surface area (Å²) in [5.41, 5.74) is 0. The van der Waals surface area contributed by atoms with Crippen LogP contribution in [-0.4, -0.2) is 84.8 Å². The fraction of sp³-hybridized carbons (Fsp3) is 0.588. The highest BCUT2D eigenvalue weighted by molar-refractivity contribution is 9.10. The zero-order chi connectivity index (χ0) is 18.7. The molecule has 0 unspecified atom stereocenters. The van der Waals surface area contributed by atoms with Crippen LogP contribution in [0.5, 0.6) is 0 Å². The van der Waals surface area contributed by atoms with Crippen molar-refractivity contribution in [1.82, 2.24) is 20.0 Å². The van der Waals surface area contributed by atoms with Gasteiger partial charge in [-0.15, -0.1) is 0 Å². The summed E-state index contributed by atoms with van der Waals surface area (Å²) in [5.74, 6) is -0.186. The number of nitrogens with one attached hydrogen (secondary N) is 1. The van der Waals surface area contributed by atoms with Crippen molar-refractivity contribution < 1.29 is 18.8 Å². The Balaban J connectivity index is 1.41. The van der Waals surface area contributed by atoms with Crippen molar-refractivity contribution in [2.24, 2.45) is 0 Å². The lowest BCUT2D eigenvalue weighted by atomic mass is 10.3. The summed E-state index contributed by atoms with van der Waals surface area (Å²) in [6, 6.07) is 3.58. The van der Waals surface area contributed by atoms with E-state index in [9.17, 15) is 14.4 Å². The first-order valence-corrected chi connectivity index (χ1v) is 9.52. The summed E-state index contributed by atoms with van der Waals surface area (Å²) in [5, 5.41) is 2.97. The lowest BCUT2D eigenvalue weighted by Crippen LogP contribution is -2.53. The standard InChI is InChI=1S/C17H23BrN4O4/c1-20(17(25)13-4-5-14(18)26-13)11-16(24)22-8-6-21(7-9-22)10-15(23)19-12-2-3-12/h4-5,12H,2-3,6-11H2,1H3,(H,19,23). The van der Waals surface area contributed by atoms with E-state index in [1.807, 2.05) is 0 Å². The quantitative estimate of drug-likeness (QED) is 0.716. The van der Waals surface area contributed by atoms with E-state index in [0.29, 0.717) is 43.4 Å². The minimum Gasteiger partial charge on any atom is -0.444 e. The Kier molecular flexibility index (Phi) is 5.98. The van der Waals surface area contributed by atoms with Crippen molar-refractivity contribution in [3.05, 3.63) is 22.6 Å². The minimum atomic E-state index is -0.334. The first-order valence-electron chi connectivity index (χ1n) is 8.72. The monoisotopic (exact) mass is 426 g/mol. The molecule has 1 saturated heterocycles. The molecule has 0 spiro atoms. The van der Waals surface area contributed by atoms with Gasteiger partial charge in [0.25, 0.3) is 5.91 Å². The molecule has 9 heteroatoms. The van der Waals surface area contributed by atoms with E-state index < -0.39 is 0 Å². The number of piperazine rings is 1. The Morgan fingerprint density at radius 3 is 2.50 bits per heavy atom. The number of likely N-dealkylation sites (N-methyl/N-ethyl adjacent to an activating group) is 1. The second kappa shape index (κ2) is 8.22. The second-order valence-corrected chi connectivity index (χ2v) is 7.55. The van der Waals surface area contributed by atoms with Crippen molar-refractivity contribution in [3.63, 3.8) is 0 Å². The van der Waals surface area contributed by atoms with E-state index in [1.165, 1.54) is 4.90 Å². The van der Waals surface area contributed by atoms with Gasteiger partial charge in [-0.05, 0) is 40.9 Å². The van der Waals surface area contributed by atoms with Gasteiger partial charge in [0, 0.05) is 39.3 Å². The molecule has 1 N–H and O–H groups in total. The first kappa shape index (κ1) is 18.9. The summed E-state index contributed by atoms with van der Waals surface area (Å²) in [6.45, 7) is 2.82. The third-order valence-electron chi connectivity index (χ3n) is 4.54. The summed E-state index contributed by atoms with van der Waals surface area (Å²) in [4.78, 5) is 41.6. The average Bonchev–Trinajstić information content (AvgIpc) is 3.31. The number of nitrogens with zero attached hydrogens (tertiary/aromatic N) is 3. The maximum atomic E-state index is 12.4. The van der Waals surface area contributed by atoms with E-state index in [-0.39, 0.29) is 30.0 Å². The van der Waals surface area contributed by atoms with Crippen LogP contribution in [0, 0.1) is 0 Å². The van der Waals surface area contributed by atoms with Gasteiger partial charge in [-0.3, -0.25) is 19.3 Å². The van der Waals surface area contributed by atoms with Crippen LogP contribution in [0.4, 0.5) is 0 Å². The van der Waals surface area contributed by atoms with Crippen LogP contribution >= 0.6 is 15.9 Å². The number of furan rings is 1. The number of amides is 3. The fourth-order valence-electron chi connectivity index (χ4n) is 2.85. The highest BCUT2D eigenvalue weighted by Crippen LogP contribution is 2.18. The van der Waals surface area contributed by atoms with Gasteiger partial charge in [0.2, 0.25) is 11.8 Å². The van der Waals surface area contributed by atoms with Crippen LogP contribution in [0.25, 0.3) is 0 Å². The van der Waals surface area contributed by atoms with Crippen LogP contribution in [0.15, 0.2) is 21.2 Å². The molecular weight excluding hydrogens is 404 g/mol. The van der Waals surface area contributed by atoms with Crippen molar-refractivity contribution in [2.45, 2.75) is 18.9 Å². The summed E-state index contributed by atoms with van der Waals surface area (Å²) in [6.07, 6.45) is 2.16. The minimum absolute atomic E-state index is 0.000676. The molecule has 26 heavy (non-hydrogen) atoms. The van der Waals surface area contributed by atoms with E-state index in [0.717, 1.165) is 12.8 Å². The maximum absolute atomic E-state index is 12.4. The molecule has 1 aromatic rings. The van der Waals surface area contributed by atoms with Gasteiger partial charge in [-0.2, -0.15) is 0 Å². The zero-order valence-electron chi connectivity index (χ0n) is 14.7. The topological polar surface area (TPSA) is 86.1 Å². The van der Waals surface area contributed by atoms with Gasteiger partial charge in [0.1, 0.15) is 0 Å². The second-order valence-electron chi connectivity index (χ2n) is 6.76. The van der Waals surface area contributed by atoms with Crippen LogP contribution in [0.3, 0.4) is 0 Å². The number of halogens is 1. The predicted octanol–water partition coefficient (Wildman–Crippen LogP) is 0.537. The van der Waals surface area contributed by atoms with E-state index in [4.69, 9.17) is 4.42 Å². The fourth-order valence-corrected chi connectivity index (χ4v) is 3.16. The molecule has 1 aliphatic heterocycles. The largest absolute Gasteiger partial charge is 0.444 e. The third-order valence-corrected chi connectivity index (χ3v) is 4.96. The van der Waals surface area contributed by atoms with Gasteiger partial charge in [0.15, 0.2) is 10.4 Å². The molecule has 1 aromatic heterocycles. The normalized spacial score (nSPS) is 17.8. The number of carbonyl (C=O) groups excluding carboxylic acids is 3. The molecule has 8 nitrogen and oxygen atoms in total. The maximum Gasteiger partial charge on any atom is 0.289 e. The molecule has 1 aliphatic carbocycles. The van der Waals surface area contributed by atoms with Crippen molar-refractivity contribution >= 4 is 33.7 Å². The molecule has 0 aromatic carbocycles. The van der Waals surface area contributed by atoms with Gasteiger partial charge in [0.05, 0.1) is 13.1 Å². The molecule has 0 bridgehead atoms. The molecule has 0 atom stereocenters. The number of rotatable bonds is 6. The van der Waals surface area contributed by atoms with Crippen LogP contribution < -0.4 is 5.32 Å². The average molecular weight is 427 g/mol. The van der Waals surface area contributed by atoms with E-state index in [1.54, 1.807) is 24.1 Å². The summed E-state index contributed by atoms with van der Waals surface area (Å²) < 4.78 is 5.71. The van der Waals surface area contributed by atoms with Crippen molar-refractivity contribution in [1.29, 1.82) is 0 Å². The molecule has 2 heterocycles. The van der Waals surface area contributed by atoms with Crippen LogP contribution in [0.2, 0.25) is 0 Å². The molecule has 0 radical (unpaired) electrons. The summed E-state index contributed by atoms with van der Waals surface area (Å²) >= 11 is 3.16. The molecule has 1 saturated carbocycles. The van der Waals surface area contributed by atoms with Gasteiger partial charge in [-0.1, -0.05) is 0 Å². The van der Waals surface area contributed by atoms with Gasteiger partial charge < -0.3 is 19.5 Å².